The van der Waals surface area contributed by atoms with E-state index in [4.69, 9.17) is 0 Å². The van der Waals surface area contributed by atoms with E-state index in [-0.39, 0.29) is 5.91 Å². The predicted molar refractivity (Wildman–Crippen MR) is 99.5 cm³/mol. The number of benzene rings is 1. The molecule has 3 rings (SSSR count). The molecule has 0 radical (unpaired) electrons. The lowest BCUT2D eigenvalue weighted by molar-refractivity contribution is -0.117. The lowest BCUT2D eigenvalue weighted by Crippen LogP contribution is -2.46. The Morgan fingerprint density at radius 1 is 1.32 bits per heavy atom. The van der Waals surface area contributed by atoms with E-state index in [1.165, 1.54) is 11.1 Å². The molecular weight excluding hydrogens is 314 g/mol. The van der Waals surface area contributed by atoms with Gasteiger partial charge in [-0.1, -0.05) is 24.3 Å². The fraction of sp³-hybridized carbons (Fsp3) is 0.474. The molecule has 0 bridgehead atoms. The average molecular weight is 341 g/mol. The lowest BCUT2D eigenvalue weighted by Gasteiger charge is -2.36. The lowest BCUT2D eigenvalue weighted by atomic mass is 9.94. The minimum atomic E-state index is -0.00235. The highest BCUT2D eigenvalue weighted by molar-refractivity contribution is 5.92. The minimum Gasteiger partial charge on any atom is -0.322 e. The van der Waals surface area contributed by atoms with Crippen LogP contribution in [0.1, 0.15) is 16.8 Å². The Bertz CT molecular complexity index is 754. The fourth-order valence-electron chi connectivity index (χ4n) is 3.40. The van der Waals surface area contributed by atoms with Crippen LogP contribution in [0.5, 0.6) is 0 Å². The quantitative estimate of drug-likeness (QED) is 0.899. The first-order valence-electron chi connectivity index (χ1n) is 8.68. The van der Waals surface area contributed by atoms with Crippen molar-refractivity contribution in [1.29, 1.82) is 0 Å². The zero-order valence-corrected chi connectivity index (χ0v) is 15.5. The molecule has 0 saturated carbocycles. The average Bonchev–Trinajstić information content (AvgIpc) is 2.87. The summed E-state index contributed by atoms with van der Waals surface area (Å²) in [6.45, 7) is 4.15. The number of aryl methyl sites for hydroxylation is 1. The van der Waals surface area contributed by atoms with Crippen LogP contribution in [0.15, 0.2) is 30.5 Å². The summed E-state index contributed by atoms with van der Waals surface area (Å²) in [6, 6.07) is 9.05. The molecule has 1 aromatic carbocycles. The molecule has 0 fully saturated rings. The van der Waals surface area contributed by atoms with E-state index in [0.717, 1.165) is 30.9 Å². The van der Waals surface area contributed by atoms with Gasteiger partial charge in [-0.25, -0.2) is 0 Å². The summed E-state index contributed by atoms with van der Waals surface area (Å²) < 4.78 is 1.76. The highest BCUT2D eigenvalue weighted by atomic mass is 16.2. The van der Waals surface area contributed by atoms with Crippen molar-refractivity contribution in [2.45, 2.75) is 25.9 Å². The van der Waals surface area contributed by atoms with Gasteiger partial charge in [0.15, 0.2) is 0 Å². The van der Waals surface area contributed by atoms with Crippen molar-refractivity contribution in [1.82, 2.24) is 19.6 Å². The van der Waals surface area contributed by atoms with Crippen LogP contribution in [-0.2, 0) is 24.8 Å². The number of carbonyl (C=O) groups excluding carboxylic acids is 1. The van der Waals surface area contributed by atoms with Gasteiger partial charge in [-0.15, -0.1) is 0 Å². The zero-order chi connectivity index (χ0) is 18.0. The van der Waals surface area contributed by atoms with E-state index in [1.54, 1.807) is 10.9 Å². The summed E-state index contributed by atoms with van der Waals surface area (Å²) in [5.74, 6) is -0.00235. The summed E-state index contributed by atoms with van der Waals surface area (Å²) in [5.41, 5.74) is 4.58. The van der Waals surface area contributed by atoms with Crippen LogP contribution < -0.4 is 5.32 Å². The Hall–Kier alpha value is -2.18. The standard InChI is InChI=1S/C19H27N5O/c1-14-18(10-20-24(14)4)21-19(25)13-22(2)12-17-9-15-7-5-6-8-16(15)11-23(17)3/h5-8,10,17H,9,11-13H2,1-4H3,(H,21,25)/t17-/m1/s1. The second-order valence-electron chi connectivity index (χ2n) is 7.05. The third-order valence-corrected chi connectivity index (χ3v) is 5.06. The molecule has 0 unspecified atom stereocenters. The maximum Gasteiger partial charge on any atom is 0.238 e. The van der Waals surface area contributed by atoms with Gasteiger partial charge in [-0.3, -0.25) is 19.3 Å². The monoisotopic (exact) mass is 341 g/mol. The molecule has 1 aromatic heterocycles. The molecule has 2 heterocycles. The topological polar surface area (TPSA) is 53.4 Å². The van der Waals surface area contributed by atoms with E-state index in [2.05, 4.69) is 51.5 Å². The summed E-state index contributed by atoms with van der Waals surface area (Å²) in [7, 11) is 6.03. The van der Waals surface area contributed by atoms with E-state index in [9.17, 15) is 4.79 Å². The van der Waals surface area contributed by atoms with E-state index in [1.807, 2.05) is 21.0 Å². The summed E-state index contributed by atoms with van der Waals surface area (Å²) in [6.07, 6.45) is 2.72. The molecule has 6 nitrogen and oxygen atoms in total. The third kappa shape index (κ3) is 4.08. The number of carbonyl (C=O) groups is 1. The number of anilines is 1. The number of nitrogens with zero attached hydrogens (tertiary/aromatic N) is 4. The Balaban J connectivity index is 1.54. The van der Waals surface area contributed by atoms with Gasteiger partial charge >= 0.3 is 0 Å². The van der Waals surface area contributed by atoms with Crippen LogP contribution in [0.2, 0.25) is 0 Å². The maximum atomic E-state index is 12.3. The van der Waals surface area contributed by atoms with Crippen LogP contribution in [-0.4, -0.2) is 58.7 Å². The van der Waals surface area contributed by atoms with Crippen LogP contribution >= 0.6 is 0 Å². The van der Waals surface area contributed by atoms with Gasteiger partial charge in [0.1, 0.15) is 0 Å². The smallest absolute Gasteiger partial charge is 0.238 e. The summed E-state index contributed by atoms with van der Waals surface area (Å²) in [5, 5.41) is 7.10. The Labute approximate surface area is 149 Å². The predicted octanol–water partition coefficient (Wildman–Crippen LogP) is 1.66. The van der Waals surface area contributed by atoms with Crippen molar-refractivity contribution in [3.8, 4) is 0 Å². The molecule has 1 amide bonds. The first-order valence-corrected chi connectivity index (χ1v) is 8.68. The number of fused-ring (bicyclic) bond motifs is 1. The number of hydrogen-bond donors (Lipinski definition) is 1. The van der Waals surface area contributed by atoms with Gasteiger partial charge in [0.05, 0.1) is 24.1 Å². The maximum absolute atomic E-state index is 12.3. The molecule has 2 aromatic rings. The van der Waals surface area contributed by atoms with Crippen molar-refractivity contribution < 1.29 is 4.79 Å². The fourth-order valence-corrected chi connectivity index (χ4v) is 3.40. The first-order chi connectivity index (χ1) is 11.9. The Kier molecular flexibility index (Phi) is 5.20. The molecule has 1 atom stereocenters. The number of amides is 1. The van der Waals surface area contributed by atoms with Crippen LogP contribution in [0.25, 0.3) is 0 Å². The van der Waals surface area contributed by atoms with Gasteiger partial charge in [0.25, 0.3) is 0 Å². The molecule has 1 aliphatic heterocycles. The third-order valence-electron chi connectivity index (χ3n) is 5.06. The van der Waals surface area contributed by atoms with Crippen molar-refractivity contribution in [2.24, 2.45) is 7.05 Å². The summed E-state index contributed by atoms with van der Waals surface area (Å²) in [4.78, 5) is 16.8. The number of likely N-dealkylation sites (N-methyl/N-ethyl adjacent to an activating group) is 2. The molecule has 134 valence electrons. The van der Waals surface area contributed by atoms with Crippen LogP contribution in [0.3, 0.4) is 0 Å². The minimum absolute atomic E-state index is 0.00235. The van der Waals surface area contributed by atoms with Gasteiger partial charge in [0.2, 0.25) is 5.91 Å². The van der Waals surface area contributed by atoms with Gasteiger partial charge in [0, 0.05) is 26.2 Å². The second-order valence-corrected chi connectivity index (χ2v) is 7.05. The normalized spacial score (nSPS) is 17.6. The molecular formula is C19H27N5O. The molecule has 0 spiro atoms. The number of hydrogen-bond acceptors (Lipinski definition) is 4. The molecule has 25 heavy (non-hydrogen) atoms. The second kappa shape index (κ2) is 7.37. The highest BCUT2D eigenvalue weighted by Crippen LogP contribution is 2.22. The van der Waals surface area contributed by atoms with E-state index < -0.39 is 0 Å². The molecule has 0 aliphatic carbocycles. The molecule has 0 saturated heterocycles. The van der Waals surface area contributed by atoms with E-state index in [0.29, 0.717) is 12.6 Å². The van der Waals surface area contributed by atoms with Crippen molar-refractivity contribution in [3.63, 3.8) is 0 Å². The Morgan fingerprint density at radius 2 is 2.04 bits per heavy atom. The highest BCUT2D eigenvalue weighted by Gasteiger charge is 2.24. The van der Waals surface area contributed by atoms with Gasteiger partial charge in [-0.05, 0) is 38.6 Å². The van der Waals surface area contributed by atoms with Gasteiger partial charge < -0.3 is 5.32 Å². The largest absolute Gasteiger partial charge is 0.322 e. The van der Waals surface area contributed by atoms with Crippen LogP contribution in [0, 0.1) is 6.92 Å². The van der Waals surface area contributed by atoms with E-state index >= 15 is 0 Å². The van der Waals surface area contributed by atoms with Crippen LogP contribution in [0.4, 0.5) is 5.69 Å². The number of rotatable bonds is 5. The SMILES string of the molecule is Cc1c(NC(=O)CN(C)C[C@H]2Cc3ccccc3CN2C)cnn1C. The van der Waals surface area contributed by atoms with Crippen molar-refractivity contribution in [3.05, 3.63) is 47.3 Å². The zero-order valence-electron chi connectivity index (χ0n) is 15.5. The molecule has 1 N–H and O–H groups in total. The molecule has 1 aliphatic rings. The first kappa shape index (κ1) is 17.6. The Morgan fingerprint density at radius 3 is 2.72 bits per heavy atom. The number of nitrogens with one attached hydrogen (secondary N) is 1. The van der Waals surface area contributed by atoms with Crippen molar-refractivity contribution in [2.75, 3.05) is 32.5 Å². The van der Waals surface area contributed by atoms with Gasteiger partial charge in [-0.2, -0.15) is 5.10 Å². The number of aromatic nitrogens is 2. The summed E-state index contributed by atoms with van der Waals surface area (Å²) >= 11 is 0. The molecule has 6 heteroatoms. The van der Waals surface area contributed by atoms with Crippen molar-refractivity contribution >= 4 is 11.6 Å².